The van der Waals surface area contributed by atoms with Crippen LogP contribution in [0.1, 0.15) is 17.0 Å². The molecule has 0 saturated carbocycles. The zero-order chi connectivity index (χ0) is 25.9. The fourth-order valence-electron chi connectivity index (χ4n) is 4.85. The van der Waals surface area contributed by atoms with Crippen molar-refractivity contribution >= 4 is 11.8 Å². The van der Waals surface area contributed by atoms with Gasteiger partial charge in [0, 0.05) is 37.1 Å². The molecule has 0 saturated heterocycles. The number of nitrogens with zero attached hydrogens (tertiary/aromatic N) is 5. The Morgan fingerprint density at radius 1 is 1.17 bits per heavy atom. The van der Waals surface area contributed by atoms with E-state index in [-0.39, 0.29) is 36.7 Å². The number of nitro benzene ring substituents is 1. The third-order valence-corrected chi connectivity index (χ3v) is 6.57. The van der Waals surface area contributed by atoms with Gasteiger partial charge in [0.2, 0.25) is 0 Å². The molecule has 2 N–H and O–H groups in total. The first kappa shape index (κ1) is 24.0. The molecule has 2 aliphatic rings. The predicted octanol–water partition coefficient (Wildman–Crippen LogP) is 3.66. The highest BCUT2D eigenvalue weighted by Gasteiger charge is 2.55. The molecule has 0 spiro atoms. The normalized spacial score (nSPS) is 20.1. The van der Waals surface area contributed by atoms with Gasteiger partial charge in [-0.1, -0.05) is 48.5 Å². The fourth-order valence-corrected chi connectivity index (χ4v) is 4.85. The van der Waals surface area contributed by atoms with E-state index in [1.54, 1.807) is 12.1 Å². The molecule has 0 fully saturated rings. The lowest BCUT2D eigenvalue weighted by Gasteiger charge is -2.45. The Labute approximate surface area is 206 Å². The van der Waals surface area contributed by atoms with Crippen molar-refractivity contribution in [3.05, 3.63) is 98.8 Å². The molecule has 0 bridgehead atoms. The van der Waals surface area contributed by atoms with Crippen molar-refractivity contribution in [2.75, 3.05) is 13.1 Å². The summed E-state index contributed by atoms with van der Waals surface area (Å²) in [5.41, 5.74) is 5.53. The molecular formula is C26H20N6O4. The Morgan fingerprint density at radius 3 is 2.53 bits per heavy atom. The van der Waals surface area contributed by atoms with Crippen LogP contribution in [-0.2, 0) is 11.3 Å². The minimum absolute atomic E-state index is 0.0158. The summed E-state index contributed by atoms with van der Waals surface area (Å²) in [4.78, 5) is 25.2. The van der Waals surface area contributed by atoms with Crippen LogP contribution in [0.15, 0.2) is 77.5 Å². The summed E-state index contributed by atoms with van der Waals surface area (Å²) in [7, 11) is 0. The maximum atomic E-state index is 12.9. The van der Waals surface area contributed by atoms with Crippen LogP contribution in [0.4, 0.5) is 10.5 Å². The number of nitrogens with two attached hydrogens (primary N) is 1. The average Bonchev–Trinajstić information content (AvgIpc) is 2.91. The zero-order valence-corrected chi connectivity index (χ0v) is 19.0. The third-order valence-electron chi connectivity index (χ3n) is 6.57. The Morgan fingerprint density at radius 2 is 1.89 bits per heavy atom. The zero-order valence-electron chi connectivity index (χ0n) is 19.0. The van der Waals surface area contributed by atoms with Gasteiger partial charge in [-0.3, -0.25) is 10.1 Å². The molecule has 1 aliphatic carbocycles. The van der Waals surface area contributed by atoms with E-state index in [1.165, 1.54) is 23.1 Å². The number of carbonyl (C=O) groups is 1. The average molecular weight is 480 g/mol. The second-order valence-corrected chi connectivity index (χ2v) is 8.47. The Balaban J connectivity index is 1.76. The number of hydrogen-bond donors (Lipinski definition) is 1. The van der Waals surface area contributed by atoms with Crippen LogP contribution in [0.3, 0.4) is 0 Å². The first-order chi connectivity index (χ1) is 17.4. The van der Waals surface area contributed by atoms with E-state index in [0.29, 0.717) is 11.1 Å². The molecular weight excluding hydrogens is 460 g/mol. The van der Waals surface area contributed by atoms with Gasteiger partial charge in [0.15, 0.2) is 5.41 Å². The minimum atomic E-state index is -1.97. The molecule has 36 heavy (non-hydrogen) atoms. The fraction of sp³-hybridized carbons (Fsp3) is 0.231. The van der Waals surface area contributed by atoms with Gasteiger partial charge in [-0.05, 0) is 16.7 Å². The second-order valence-electron chi connectivity index (χ2n) is 8.47. The highest BCUT2D eigenvalue weighted by molar-refractivity contribution is 5.69. The van der Waals surface area contributed by atoms with Crippen LogP contribution in [0, 0.1) is 55.4 Å². The topological polar surface area (TPSA) is 170 Å². The predicted molar refractivity (Wildman–Crippen MR) is 126 cm³/mol. The maximum absolute atomic E-state index is 12.9. The first-order valence-corrected chi connectivity index (χ1v) is 11.0. The van der Waals surface area contributed by atoms with Gasteiger partial charge in [0.1, 0.15) is 12.7 Å². The lowest BCUT2D eigenvalue weighted by Crippen LogP contribution is -2.49. The number of hydrogen-bond acceptors (Lipinski definition) is 8. The van der Waals surface area contributed by atoms with Crippen molar-refractivity contribution in [1.29, 1.82) is 15.8 Å². The first-order valence-electron chi connectivity index (χ1n) is 11.0. The molecule has 0 unspecified atom stereocenters. The van der Waals surface area contributed by atoms with E-state index < -0.39 is 28.3 Å². The van der Waals surface area contributed by atoms with Crippen LogP contribution in [0.25, 0.3) is 0 Å². The molecule has 0 aromatic heterocycles. The van der Waals surface area contributed by atoms with Crippen LogP contribution < -0.4 is 5.73 Å². The lowest BCUT2D eigenvalue weighted by atomic mass is 9.58. The highest BCUT2D eigenvalue weighted by atomic mass is 16.6. The summed E-state index contributed by atoms with van der Waals surface area (Å²) in [6.45, 7) is 0.213. The van der Waals surface area contributed by atoms with Gasteiger partial charge in [0.05, 0.1) is 28.3 Å². The van der Waals surface area contributed by atoms with Gasteiger partial charge >= 0.3 is 6.09 Å². The van der Waals surface area contributed by atoms with E-state index in [1.807, 2.05) is 48.5 Å². The molecule has 178 valence electrons. The van der Waals surface area contributed by atoms with Crippen LogP contribution in [0.5, 0.6) is 0 Å². The maximum Gasteiger partial charge on any atom is 0.410 e. The third kappa shape index (κ3) is 4.00. The van der Waals surface area contributed by atoms with Gasteiger partial charge in [-0.2, -0.15) is 15.8 Å². The monoisotopic (exact) mass is 480 g/mol. The highest BCUT2D eigenvalue weighted by Crippen LogP contribution is 2.54. The standard InChI is InChI=1S/C26H20N6O4/c27-12-21-20-9-10-31(25(33)36-14-17-5-2-1-3-6-17)13-22(20)23(26(15-28,16-29)24(21)30)18-7-4-8-19(11-18)32(34)35/h1-9,11,22-23H,10,13-14,30H2/t22-,23+/m1/s1. The summed E-state index contributed by atoms with van der Waals surface area (Å²) in [5, 5.41) is 41.6. The number of rotatable bonds is 4. The molecule has 2 aromatic carbocycles. The van der Waals surface area contributed by atoms with Crippen LogP contribution in [-0.4, -0.2) is 29.0 Å². The molecule has 10 heteroatoms. The number of benzene rings is 2. The summed E-state index contributed by atoms with van der Waals surface area (Å²) >= 11 is 0. The number of carbonyl (C=O) groups excluding carboxylic acids is 1. The summed E-state index contributed by atoms with van der Waals surface area (Å²) in [6, 6.07) is 20.7. The van der Waals surface area contributed by atoms with E-state index in [4.69, 9.17) is 10.5 Å². The van der Waals surface area contributed by atoms with Crippen molar-refractivity contribution in [3.8, 4) is 18.2 Å². The number of allylic oxidation sites excluding steroid dienone is 2. The van der Waals surface area contributed by atoms with Gasteiger partial charge in [-0.25, -0.2) is 4.79 Å². The smallest absolute Gasteiger partial charge is 0.410 e. The molecule has 2 atom stereocenters. The lowest BCUT2D eigenvalue weighted by molar-refractivity contribution is -0.384. The van der Waals surface area contributed by atoms with Crippen molar-refractivity contribution in [3.63, 3.8) is 0 Å². The van der Waals surface area contributed by atoms with Crippen molar-refractivity contribution in [1.82, 2.24) is 4.90 Å². The Kier molecular flexibility index (Phi) is 6.41. The number of non-ortho nitro benzene ring substituents is 1. The largest absolute Gasteiger partial charge is 0.445 e. The molecule has 0 radical (unpaired) electrons. The number of amides is 1. The molecule has 10 nitrogen and oxygen atoms in total. The Hall–Kier alpha value is -5.14. The van der Waals surface area contributed by atoms with E-state index >= 15 is 0 Å². The van der Waals surface area contributed by atoms with Gasteiger partial charge in [0.25, 0.3) is 5.69 Å². The van der Waals surface area contributed by atoms with Crippen LogP contribution >= 0.6 is 0 Å². The minimum Gasteiger partial charge on any atom is -0.445 e. The molecule has 4 rings (SSSR count). The second kappa shape index (κ2) is 9.61. The van der Waals surface area contributed by atoms with Crippen molar-refractivity contribution in [2.24, 2.45) is 17.1 Å². The van der Waals surface area contributed by atoms with E-state index in [0.717, 1.165) is 5.56 Å². The number of ether oxygens (including phenoxy) is 1. The van der Waals surface area contributed by atoms with Crippen LogP contribution in [0.2, 0.25) is 0 Å². The summed E-state index contributed by atoms with van der Waals surface area (Å²) < 4.78 is 5.45. The van der Waals surface area contributed by atoms with E-state index in [2.05, 4.69) is 0 Å². The molecule has 2 aromatic rings. The van der Waals surface area contributed by atoms with Gasteiger partial charge in [-0.15, -0.1) is 0 Å². The number of nitro groups is 1. The molecule has 1 heterocycles. The van der Waals surface area contributed by atoms with Crippen molar-refractivity contribution < 1.29 is 14.5 Å². The summed E-state index contributed by atoms with van der Waals surface area (Å²) in [6.07, 6.45) is 1.05. The summed E-state index contributed by atoms with van der Waals surface area (Å²) in [5.74, 6) is -1.67. The van der Waals surface area contributed by atoms with Crippen molar-refractivity contribution in [2.45, 2.75) is 12.5 Å². The quantitative estimate of drug-likeness (QED) is 0.510. The van der Waals surface area contributed by atoms with Gasteiger partial charge < -0.3 is 15.4 Å². The SMILES string of the molecule is N#CC1=C(N)C(C#N)(C#N)[C@@H](c2cccc([N+](=O)[O-])c2)[C@@H]2CN(C(=O)OCc3ccccc3)CC=C12. The Bertz CT molecular complexity index is 1400. The molecule has 1 amide bonds. The number of fused-ring (bicyclic) bond motifs is 1. The van der Waals surface area contributed by atoms with E-state index in [9.17, 15) is 30.7 Å². The molecule has 1 aliphatic heterocycles. The number of nitriles is 3.